The van der Waals surface area contributed by atoms with Gasteiger partial charge in [-0.1, -0.05) is 38.5 Å². The molecule has 1 aliphatic rings. The number of fused-ring (bicyclic) bond motifs is 1. The van der Waals surface area contributed by atoms with Gasteiger partial charge in [-0.2, -0.15) is 4.57 Å². The van der Waals surface area contributed by atoms with Crippen molar-refractivity contribution in [3.8, 4) is 5.88 Å². The summed E-state index contributed by atoms with van der Waals surface area (Å²) in [6, 6.07) is 10.6. The molecule has 0 N–H and O–H groups in total. The Morgan fingerprint density at radius 3 is 2.45 bits per heavy atom. The first-order chi connectivity index (χ1) is 9.84. The molecule has 0 saturated heterocycles. The van der Waals surface area contributed by atoms with Crippen molar-refractivity contribution in [2.24, 2.45) is 7.05 Å². The molecular weight excluding hydrogens is 246 g/mol. The van der Waals surface area contributed by atoms with Crippen molar-refractivity contribution >= 4 is 10.8 Å². The summed E-state index contributed by atoms with van der Waals surface area (Å²) in [6.45, 7) is 4.00. The molecule has 0 spiro atoms. The summed E-state index contributed by atoms with van der Waals surface area (Å²) in [5, 5.41) is 2.47. The van der Waals surface area contributed by atoms with Gasteiger partial charge < -0.3 is 4.74 Å². The highest BCUT2D eigenvalue weighted by atomic mass is 16.5. The van der Waals surface area contributed by atoms with Crippen molar-refractivity contribution in [2.75, 3.05) is 0 Å². The summed E-state index contributed by atoms with van der Waals surface area (Å²) in [5.41, 5.74) is 0. The van der Waals surface area contributed by atoms with Crippen LogP contribution in [0.15, 0.2) is 36.5 Å². The predicted octanol–water partition coefficient (Wildman–Crippen LogP) is 4.40. The van der Waals surface area contributed by atoms with Crippen molar-refractivity contribution in [1.82, 2.24) is 0 Å². The minimum absolute atomic E-state index is 0.399. The summed E-state index contributed by atoms with van der Waals surface area (Å²) in [6.07, 6.45) is 8.85. The highest BCUT2D eigenvalue weighted by Crippen LogP contribution is 2.26. The van der Waals surface area contributed by atoms with Gasteiger partial charge in [0.05, 0.1) is 5.39 Å². The van der Waals surface area contributed by atoms with Crippen molar-refractivity contribution in [3.63, 3.8) is 0 Å². The van der Waals surface area contributed by atoms with E-state index in [1.807, 2.05) is 13.8 Å². The summed E-state index contributed by atoms with van der Waals surface area (Å²) < 4.78 is 8.36. The zero-order valence-corrected chi connectivity index (χ0v) is 12.9. The summed E-state index contributed by atoms with van der Waals surface area (Å²) in [5.74, 6) is 1.01. The van der Waals surface area contributed by atoms with Crippen LogP contribution in [0.4, 0.5) is 0 Å². The fourth-order valence-corrected chi connectivity index (χ4v) is 2.77. The third-order valence-electron chi connectivity index (χ3n) is 3.82. The second-order valence-electron chi connectivity index (χ2n) is 5.20. The molecule has 1 aliphatic carbocycles. The van der Waals surface area contributed by atoms with Gasteiger partial charge in [-0.05, 0) is 37.1 Å². The molecule has 20 heavy (non-hydrogen) atoms. The maximum absolute atomic E-state index is 6.26. The van der Waals surface area contributed by atoms with Crippen molar-refractivity contribution in [1.29, 1.82) is 0 Å². The highest BCUT2D eigenvalue weighted by molar-refractivity contribution is 5.85. The molecule has 108 valence electrons. The number of nitrogens with zero attached hydrogens (tertiary/aromatic N) is 1. The number of benzene rings is 1. The van der Waals surface area contributed by atoms with Crippen LogP contribution in [0.1, 0.15) is 46.0 Å². The Balaban J connectivity index is 0.000000704. The quantitative estimate of drug-likeness (QED) is 0.738. The molecule has 2 heteroatoms. The Labute approximate surface area is 122 Å². The smallest absolute Gasteiger partial charge is 0.375 e. The van der Waals surface area contributed by atoms with Crippen LogP contribution >= 0.6 is 0 Å². The lowest BCUT2D eigenvalue weighted by molar-refractivity contribution is -0.676. The van der Waals surface area contributed by atoms with E-state index in [0.717, 1.165) is 5.88 Å². The molecule has 0 bridgehead atoms. The largest absolute Gasteiger partial charge is 0.441 e. The number of aryl methyl sites for hydroxylation is 1. The van der Waals surface area contributed by atoms with E-state index in [1.165, 1.54) is 42.9 Å². The molecule has 1 saturated carbocycles. The van der Waals surface area contributed by atoms with E-state index in [4.69, 9.17) is 4.74 Å². The first-order valence-electron chi connectivity index (χ1n) is 7.88. The van der Waals surface area contributed by atoms with Crippen LogP contribution in [0.2, 0.25) is 0 Å². The minimum atomic E-state index is 0.399. The molecule has 1 aromatic carbocycles. The maximum atomic E-state index is 6.26. The van der Waals surface area contributed by atoms with E-state index in [1.54, 1.807) is 0 Å². The number of aromatic nitrogens is 1. The second-order valence-corrected chi connectivity index (χ2v) is 5.20. The monoisotopic (exact) mass is 272 g/mol. The van der Waals surface area contributed by atoms with Crippen LogP contribution in [-0.4, -0.2) is 6.10 Å². The summed E-state index contributed by atoms with van der Waals surface area (Å²) >= 11 is 0. The van der Waals surface area contributed by atoms with E-state index >= 15 is 0 Å². The molecule has 1 fully saturated rings. The number of hydrogen-bond acceptors (Lipinski definition) is 1. The highest BCUT2D eigenvalue weighted by Gasteiger charge is 2.21. The normalized spacial score (nSPS) is 15.6. The van der Waals surface area contributed by atoms with Crippen molar-refractivity contribution < 1.29 is 9.30 Å². The predicted molar refractivity (Wildman–Crippen MR) is 84.0 cm³/mol. The molecule has 1 heterocycles. The molecule has 2 aromatic rings. The van der Waals surface area contributed by atoms with E-state index in [9.17, 15) is 0 Å². The Kier molecular flexibility index (Phi) is 5.40. The van der Waals surface area contributed by atoms with Gasteiger partial charge in [-0.3, -0.25) is 0 Å². The SMILES string of the molecule is CC.C[n+]1ccc2ccccc2c1OC1CCCCC1. The van der Waals surface area contributed by atoms with Gasteiger partial charge in [-0.25, -0.2) is 0 Å². The van der Waals surface area contributed by atoms with Gasteiger partial charge in [0.25, 0.3) is 0 Å². The molecule has 0 atom stereocenters. The van der Waals surface area contributed by atoms with E-state index in [0.29, 0.717) is 6.10 Å². The Morgan fingerprint density at radius 2 is 1.70 bits per heavy atom. The molecule has 0 amide bonds. The summed E-state index contributed by atoms with van der Waals surface area (Å²) in [4.78, 5) is 0. The third-order valence-corrected chi connectivity index (χ3v) is 3.82. The summed E-state index contributed by atoms with van der Waals surface area (Å²) in [7, 11) is 2.06. The standard InChI is InChI=1S/C16H20NO.C2H6/c1-17-12-11-13-7-5-6-10-15(13)16(17)18-14-8-3-2-4-9-14;1-2/h5-7,10-12,14H,2-4,8-9H2,1H3;1-2H3/q+1;. The van der Waals surface area contributed by atoms with Crippen LogP contribution < -0.4 is 9.30 Å². The van der Waals surface area contributed by atoms with Crippen LogP contribution in [0.5, 0.6) is 5.88 Å². The van der Waals surface area contributed by atoms with Gasteiger partial charge >= 0.3 is 5.88 Å². The van der Waals surface area contributed by atoms with E-state index in [2.05, 4.69) is 48.1 Å². The molecule has 1 aromatic heterocycles. The molecule has 3 rings (SSSR count). The number of hydrogen-bond donors (Lipinski definition) is 0. The molecule has 2 nitrogen and oxygen atoms in total. The van der Waals surface area contributed by atoms with Crippen LogP contribution in [0.25, 0.3) is 10.8 Å². The average molecular weight is 272 g/mol. The van der Waals surface area contributed by atoms with E-state index < -0.39 is 0 Å². The lowest BCUT2D eigenvalue weighted by Crippen LogP contribution is -2.33. The topological polar surface area (TPSA) is 13.1 Å². The zero-order valence-electron chi connectivity index (χ0n) is 12.9. The van der Waals surface area contributed by atoms with Crippen molar-refractivity contribution in [2.45, 2.75) is 52.1 Å². The third kappa shape index (κ3) is 3.30. The zero-order chi connectivity index (χ0) is 14.4. The van der Waals surface area contributed by atoms with Crippen LogP contribution in [0.3, 0.4) is 0 Å². The molecule has 0 radical (unpaired) electrons. The molecular formula is C18H26NO+. The van der Waals surface area contributed by atoms with Crippen LogP contribution in [-0.2, 0) is 7.05 Å². The Hall–Kier alpha value is -1.57. The van der Waals surface area contributed by atoms with Gasteiger partial charge in [-0.15, -0.1) is 0 Å². The Bertz CT molecular complexity index is 544. The molecule has 0 unspecified atom stereocenters. The molecule has 0 aliphatic heterocycles. The second kappa shape index (κ2) is 7.28. The average Bonchev–Trinajstić information content (AvgIpc) is 2.53. The van der Waals surface area contributed by atoms with Crippen molar-refractivity contribution in [3.05, 3.63) is 36.5 Å². The number of pyridine rings is 1. The lowest BCUT2D eigenvalue weighted by atomic mass is 9.98. The Morgan fingerprint density at radius 1 is 1.00 bits per heavy atom. The number of ether oxygens (including phenoxy) is 1. The first-order valence-corrected chi connectivity index (χ1v) is 7.88. The lowest BCUT2D eigenvalue weighted by Gasteiger charge is -2.21. The first kappa shape index (κ1) is 14.8. The maximum Gasteiger partial charge on any atom is 0.375 e. The number of rotatable bonds is 2. The van der Waals surface area contributed by atoms with Gasteiger partial charge in [0.15, 0.2) is 6.20 Å². The van der Waals surface area contributed by atoms with E-state index in [-0.39, 0.29) is 0 Å². The minimum Gasteiger partial charge on any atom is -0.441 e. The fraction of sp³-hybridized carbons (Fsp3) is 0.500. The van der Waals surface area contributed by atoms with Gasteiger partial charge in [0.2, 0.25) is 0 Å². The van der Waals surface area contributed by atoms with Gasteiger partial charge in [0.1, 0.15) is 13.2 Å². The van der Waals surface area contributed by atoms with Crippen LogP contribution in [0, 0.1) is 0 Å². The fourth-order valence-electron chi connectivity index (χ4n) is 2.77. The van der Waals surface area contributed by atoms with Gasteiger partial charge in [0, 0.05) is 6.07 Å².